The monoisotopic (exact) mass is 521 g/mol. The highest BCUT2D eigenvalue weighted by Crippen LogP contribution is 2.42. The molecule has 8 nitrogen and oxygen atoms in total. The number of esters is 1. The number of rotatable bonds is 10. The molecule has 1 atom stereocenters. The van der Waals surface area contributed by atoms with Gasteiger partial charge < -0.3 is 24.7 Å². The van der Waals surface area contributed by atoms with E-state index in [1.165, 1.54) is 5.56 Å². The predicted octanol–water partition coefficient (Wildman–Crippen LogP) is 5.14. The van der Waals surface area contributed by atoms with E-state index in [2.05, 4.69) is 37.3 Å². The molecular formula is C30H39N3O5. The van der Waals surface area contributed by atoms with E-state index in [1.54, 1.807) is 14.2 Å². The number of hydrogen-bond acceptors (Lipinski definition) is 7. The number of aromatic nitrogens is 2. The van der Waals surface area contributed by atoms with E-state index in [9.17, 15) is 4.79 Å². The molecule has 1 aliphatic rings. The highest BCUT2D eigenvalue weighted by Gasteiger charge is 2.40. The number of nitrogens with two attached hydrogens (primary N) is 1. The van der Waals surface area contributed by atoms with Crippen molar-refractivity contribution >= 4 is 5.97 Å². The zero-order valence-corrected chi connectivity index (χ0v) is 23.0. The van der Waals surface area contributed by atoms with Gasteiger partial charge >= 0.3 is 5.97 Å². The molecular weight excluding hydrogens is 482 g/mol. The minimum atomic E-state index is -0.644. The number of carbonyl (C=O) groups excluding carboxylic acids is 1. The Morgan fingerprint density at radius 2 is 1.74 bits per heavy atom. The van der Waals surface area contributed by atoms with Crippen molar-refractivity contribution < 1.29 is 23.7 Å². The molecule has 204 valence electrons. The van der Waals surface area contributed by atoms with Crippen molar-refractivity contribution in [3.05, 3.63) is 65.9 Å². The molecule has 2 N–H and O–H groups in total. The molecule has 4 rings (SSSR count). The van der Waals surface area contributed by atoms with Crippen molar-refractivity contribution in [1.82, 2.24) is 9.78 Å². The van der Waals surface area contributed by atoms with Crippen molar-refractivity contribution in [2.75, 3.05) is 21.0 Å². The maximum absolute atomic E-state index is 12.0. The van der Waals surface area contributed by atoms with Gasteiger partial charge in [0, 0.05) is 12.7 Å². The second kappa shape index (κ2) is 12.1. The summed E-state index contributed by atoms with van der Waals surface area (Å²) in [4.78, 5) is 12.0. The first-order chi connectivity index (χ1) is 18.3. The lowest BCUT2D eigenvalue weighted by molar-refractivity contribution is -0.169. The maximum atomic E-state index is 12.0. The molecule has 0 bridgehead atoms. The zero-order chi connectivity index (χ0) is 27.3. The topological polar surface area (TPSA) is 97.8 Å². The van der Waals surface area contributed by atoms with E-state index in [-0.39, 0.29) is 18.8 Å². The molecule has 38 heavy (non-hydrogen) atoms. The summed E-state index contributed by atoms with van der Waals surface area (Å²) in [6.07, 6.45) is 2.97. The van der Waals surface area contributed by atoms with Crippen LogP contribution in [0.25, 0.3) is 16.9 Å². The van der Waals surface area contributed by atoms with Crippen LogP contribution in [-0.2, 0) is 24.6 Å². The summed E-state index contributed by atoms with van der Waals surface area (Å²) in [6.45, 7) is 5.76. The van der Waals surface area contributed by atoms with Crippen LogP contribution in [0.5, 0.6) is 5.75 Å². The van der Waals surface area contributed by atoms with E-state index < -0.39 is 17.6 Å². The molecule has 1 heterocycles. The van der Waals surface area contributed by atoms with Crippen LogP contribution in [0.1, 0.15) is 50.8 Å². The van der Waals surface area contributed by atoms with Gasteiger partial charge in [-0.05, 0) is 68.9 Å². The Kier molecular flexibility index (Phi) is 8.87. The fraction of sp³-hybridized carbons (Fsp3) is 0.467. The van der Waals surface area contributed by atoms with Crippen LogP contribution in [-0.4, -0.2) is 48.9 Å². The van der Waals surface area contributed by atoms with Gasteiger partial charge in [-0.2, -0.15) is 5.10 Å². The quantitative estimate of drug-likeness (QED) is 0.291. The molecule has 0 amide bonds. The van der Waals surface area contributed by atoms with Gasteiger partial charge in [0.25, 0.3) is 0 Å². The lowest BCUT2D eigenvalue weighted by atomic mass is 9.80. The summed E-state index contributed by atoms with van der Waals surface area (Å²) in [5.41, 5.74) is 10.4. The molecule has 2 aromatic carbocycles. The van der Waals surface area contributed by atoms with E-state index in [1.807, 2.05) is 42.8 Å². The van der Waals surface area contributed by atoms with E-state index >= 15 is 0 Å². The van der Waals surface area contributed by atoms with Gasteiger partial charge in [-0.1, -0.05) is 43.7 Å². The summed E-state index contributed by atoms with van der Waals surface area (Å²) in [5.74, 6) is 0.373. The Bertz CT molecular complexity index is 1200. The number of benzene rings is 2. The van der Waals surface area contributed by atoms with E-state index in [0.29, 0.717) is 0 Å². The summed E-state index contributed by atoms with van der Waals surface area (Å²) < 4.78 is 24.6. The smallest absolute Gasteiger partial charge is 0.325 e. The molecule has 1 saturated carbocycles. The largest absolute Gasteiger partial charge is 0.497 e. The van der Waals surface area contributed by atoms with Crippen molar-refractivity contribution in [3.8, 4) is 22.7 Å². The van der Waals surface area contributed by atoms with Gasteiger partial charge in [0.1, 0.15) is 17.4 Å². The highest BCUT2D eigenvalue weighted by atomic mass is 16.7. The van der Waals surface area contributed by atoms with Crippen LogP contribution in [0.4, 0.5) is 0 Å². The Morgan fingerprint density at radius 1 is 1.08 bits per heavy atom. The first-order valence-electron chi connectivity index (χ1n) is 13.2. The molecule has 0 saturated heterocycles. The number of carbonyl (C=O) groups is 1. The van der Waals surface area contributed by atoms with Gasteiger partial charge in [-0.15, -0.1) is 0 Å². The molecule has 1 aliphatic carbocycles. The average molecular weight is 522 g/mol. The summed E-state index contributed by atoms with van der Waals surface area (Å²) in [7, 11) is 3.40. The van der Waals surface area contributed by atoms with Gasteiger partial charge in [0.05, 0.1) is 30.3 Å². The van der Waals surface area contributed by atoms with Crippen LogP contribution in [0, 0.1) is 12.8 Å². The maximum Gasteiger partial charge on any atom is 0.325 e. The predicted molar refractivity (Wildman–Crippen MR) is 146 cm³/mol. The standard InChI is InChI=1S/C30H39N3O5/c1-20(2)28(31)29(34)38-19-37-25-14-16-30(36-5,17-15-25)27-18-26(22-8-6-21(3)7-9-22)33(32-27)23-10-12-24(35-4)13-11-23/h6-13,18,20,25,28H,14-17,19,31H2,1-5H3. The van der Waals surface area contributed by atoms with Crippen LogP contribution in [0.2, 0.25) is 0 Å². The van der Waals surface area contributed by atoms with Crippen molar-refractivity contribution in [2.45, 2.75) is 64.2 Å². The van der Waals surface area contributed by atoms with Crippen LogP contribution < -0.4 is 10.5 Å². The van der Waals surface area contributed by atoms with E-state index in [4.69, 9.17) is 29.8 Å². The Balaban J connectivity index is 1.53. The average Bonchev–Trinajstić information content (AvgIpc) is 3.39. The number of nitrogens with zero attached hydrogens (tertiary/aromatic N) is 2. The van der Waals surface area contributed by atoms with Gasteiger partial charge in [0.15, 0.2) is 6.79 Å². The zero-order valence-electron chi connectivity index (χ0n) is 23.0. The third-order valence-corrected chi connectivity index (χ3v) is 7.47. The Hall–Kier alpha value is -3.20. The van der Waals surface area contributed by atoms with Gasteiger partial charge in [0.2, 0.25) is 0 Å². The molecule has 1 aromatic heterocycles. The molecule has 3 aromatic rings. The summed E-state index contributed by atoms with van der Waals surface area (Å²) in [5, 5.41) is 5.07. The number of hydrogen-bond donors (Lipinski definition) is 1. The van der Waals surface area contributed by atoms with Crippen LogP contribution in [0.3, 0.4) is 0 Å². The van der Waals surface area contributed by atoms with Crippen molar-refractivity contribution in [1.29, 1.82) is 0 Å². The van der Waals surface area contributed by atoms with Gasteiger partial charge in [-0.3, -0.25) is 4.79 Å². The first kappa shape index (κ1) is 27.8. The molecule has 1 unspecified atom stereocenters. The molecule has 0 radical (unpaired) electrons. The lowest BCUT2D eigenvalue weighted by Gasteiger charge is -2.37. The van der Waals surface area contributed by atoms with Crippen LogP contribution in [0.15, 0.2) is 54.6 Å². The highest BCUT2D eigenvalue weighted by molar-refractivity contribution is 5.75. The summed E-state index contributed by atoms with van der Waals surface area (Å²) >= 11 is 0. The lowest BCUT2D eigenvalue weighted by Crippen LogP contribution is -2.39. The number of aryl methyl sites for hydroxylation is 1. The van der Waals surface area contributed by atoms with Gasteiger partial charge in [-0.25, -0.2) is 4.68 Å². The first-order valence-corrected chi connectivity index (χ1v) is 13.2. The molecule has 1 fully saturated rings. The SMILES string of the molecule is COc1ccc(-n2nc(C3(OC)CCC(OCOC(=O)C(N)C(C)C)CC3)cc2-c2ccc(C)cc2)cc1. The number of ether oxygens (including phenoxy) is 4. The minimum Gasteiger partial charge on any atom is -0.497 e. The minimum absolute atomic E-state index is 0.0158. The number of methoxy groups -OCH3 is 2. The molecule has 0 aliphatic heterocycles. The third-order valence-electron chi connectivity index (χ3n) is 7.47. The van der Waals surface area contributed by atoms with Crippen molar-refractivity contribution in [2.24, 2.45) is 11.7 Å². The van der Waals surface area contributed by atoms with E-state index in [0.717, 1.165) is 54.1 Å². The second-order valence-electron chi connectivity index (χ2n) is 10.3. The Labute approximate surface area is 225 Å². The third kappa shape index (κ3) is 6.09. The van der Waals surface area contributed by atoms with Crippen LogP contribution >= 0.6 is 0 Å². The normalized spacial score (nSPS) is 20.3. The van der Waals surface area contributed by atoms with Crippen molar-refractivity contribution in [3.63, 3.8) is 0 Å². The fourth-order valence-corrected chi connectivity index (χ4v) is 4.80. The fourth-order valence-electron chi connectivity index (χ4n) is 4.80. The second-order valence-corrected chi connectivity index (χ2v) is 10.3. The molecule has 8 heteroatoms. The Morgan fingerprint density at radius 3 is 2.32 bits per heavy atom. The summed E-state index contributed by atoms with van der Waals surface area (Å²) in [6, 6.07) is 17.8. The molecule has 0 spiro atoms.